The van der Waals surface area contributed by atoms with Crippen molar-refractivity contribution in [2.45, 2.75) is 12.6 Å². The number of nitrogens with one attached hydrogen (secondary N) is 2. The van der Waals surface area contributed by atoms with Crippen LogP contribution in [0.3, 0.4) is 0 Å². The zero-order chi connectivity index (χ0) is 18.0. The first kappa shape index (κ1) is 17.4. The number of carbonyl (C=O) groups excluding carboxylic acids is 1. The summed E-state index contributed by atoms with van der Waals surface area (Å²) in [5.74, 6) is -1.17. The van der Waals surface area contributed by atoms with Crippen LogP contribution in [0, 0.1) is 0 Å². The zero-order valence-electron chi connectivity index (χ0n) is 12.3. The maximum atomic E-state index is 12.7. The van der Waals surface area contributed by atoms with E-state index in [2.05, 4.69) is 25.9 Å². The average molecular weight is 391 g/mol. The van der Waals surface area contributed by atoms with Crippen LogP contribution in [0.4, 0.5) is 23.7 Å². The van der Waals surface area contributed by atoms with Crippen LogP contribution in [-0.2, 0) is 12.6 Å². The quantitative estimate of drug-likeness (QED) is 0.716. The summed E-state index contributed by atoms with van der Waals surface area (Å²) >= 11 is 6.79. The SMILES string of the molecule is O=C(NCCc1nn2c(C(F)(F)F)nnc2s1)Nc1cccc(Cl)c1. The highest BCUT2D eigenvalue weighted by Crippen LogP contribution is 2.28. The molecule has 0 saturated heterocycles. The minimum atomic E-state index is -4.63. The molecular weight excluding hydrogens is 381 g/mol. The molecule has 0 spiro atoms. The molecule has 2 heterocycles. The molecule has 0 aliphatic rings. The number of alkyl halides is 3. The normalized spacial score (nSPS) is 11.7. The van der Waals surface area contributed by atoms with Gasteiger partial charge in [0.1, 0.15) is 5.01 Å². The van der Waals surface area contributed by atoms with E-state index in [9.17, 15) is 18.0 Å². The number of hydrogen-bond acceptors (Lipinski definition) is 5. The van der Waals surface area contributed by atoms with Crippen LogP contribution < -0.4 is 10.6 Å². The van der Waals surface area contributed by atoms with Crippen LogP contribution in [0.1, 0.15) is 10.8 Å². The summed E-state index contributed by atoms with van der Waals surface area (Å²) in [5.41, 5.74) is 0.526. The van der Waals surface area contributed by atoms with Gasteiger partial charge in [0.2, 0.25) is 4.96 Å². The summed E-state index contributed by atoms with van der Waals surface area (Å²) < 4.78 is 38.8. The lowest BCUT2D eigenvalue weighted by molar-refractivity contribution is -0.146. The lowest BCUT2D eigenvalue weighted by Gasteiger charge is -2.06. The molecule has 0 unspecified atom stereocenters. The van der Waals surface area contributed by atoms with Gasteiger partial charge < -0.3 is 10.6 Å². The van der Waals surface area contributed by atoms with Crippen molar-refractivity contribution in [3.8, 4) is 0 Å². The van der Waals surface area contributed by atoms with Gasteiger partial charge in [-0.25, -0.2) is 4.79 Å². The Morgan fingerprint density at radius 1 is 1.32 bits per heavy atom. The van der Waals surface area contributed by atoms with Crippen LogP contribution in [0.15, 0.2) is 24.3 Å². The molecule has 0 radical (unpaired) electrons. The van der Waals surface area contributed by atoms with Gasteiger partial charge in [0.25, 0.3) is 5.82 Å². The minimum absolute atomic E-state index is 0.0469. The molecule has 7 nitrogen and oxygen atoms in total. The Kier molecular flexibility index (Phi) is 4.77. The van der Waals surface area contributed by atoms with Gasteiger partial charge in [-0.15, -0.1) is 10.2 Å². The monoisotopic (exact) mass is 390 g/mol. The van der Waals surface area contributed by atoms with Crippen LogP contribution in [0.5, 0.6) is 0 Å². The van der Waals surface area contributed by atoms with Crippen LogP contribution in [0.2, 0.25) is 5.02 Å². The number of halogens is 4. The van der Waals surface area contributed by atoms with E-state index in [1.165, 1.54) is 0 Å². The van der Waals surface area contributed by atoms with Gasteiger partial charge in [-0.2, -0.15) is 22.8 Å². The smallest absolute Gasteiger partial charge is 0.337 e. The molecule has 132 valence electrons. The molecular formula is C13H10ClF3N6OS. The van der Waals surface area contributed by atoms with Crippen molar-refractivity contribution < 1.29 is 18.0 Å². The molecule has 1 aromatic carbocycles. The molecule has 0 fully saturated rings. The number of hydrogen-bond donors (Lipinski definition) is 2. The molecule has 12 heteroatoms. The van der Waals surface area contributed by atoms with Gasteiger partial charge in [-0.1, -0.05) is 29.0 Å². The number of amides is 2. The van der Waals surface area contributed by atoms with Gasteiger partial charge in [0.05, 0.1) is 0 Å². The molecule has 25 heavy (non-hydrogen) atoms. The molecule has 3 aromatic rings. The molecule has 0 bridgehead atoms. The molecule has 0 atom stereocenters. The summed E-state index contributed by atoms with van der Waals surface area (Å²) in [6.45, 7) is 0.192. The summed E-state index contributed by atoms with van der Waals surface area (Å²) in [6, 6.07) is 6.17. The van der Waals surface area contributed by atoms with Crippen molar-refractivity contribution in [3.05, 3.63) is 40.1 Å². The fourth-order valence-electron chi connectivity index (χ4n) is 1.96. The number of benzene rings is 1. The van der Waals surface area contributed by atoms with Gasteiger partial charge in [0, 0.05) is 23.7 Å². The van der Waals surface area contributed by atoms with Crippen molar-refractivity contribution >= 4 is 39.6 Å². The van der Waals surface area contributed by atoms with Crippen molar-refractivity contribution in [3.63, 3.8) is 0 Å². The predicted molar refractivity (Wildman–Crippen MR) is 85.8 cm³/mol. The fourth-order valence-corrected chi connectivity index (χ4v) is 2.98. The highest BCUT2D eigenvalue weighted by Gasteiger charge is 2.38. The molecule has 2 amide bonds. The van der Waals surface area contributed by atoms with Gasteiger partial charge in [-0.3, -0.25) is 0 Å². The Labute approximate surface area is 147 Å². The second-order valence-electron chi connectivity index (χ2n) is 4.85. The average Bonchev–Trinajstić information content (AvgIpc) is 3.05. The second-order valence-corrected chi connectivity index (χ2v) is 6.33. The Morgan fingerprint density at radius 2 is 2.12 bits per heavy atom. The summed E-state index contributed by atoms with van der Waals surface area (Å²) in [7, 11) is 0. The molecule has 2 aromatic heterocycles. The van der Waals surface area contributed by atoms with E-state index in [1.54, 1.807) is 24.3 Å². The van der Waals surface area contributed by atoms with Gasteiger partial charge in [0.15, 0.2) is 0 Å². The first-order valence-corrected chi connectivity index (χ1v) is 8.11. The first-order valence-electron chi connectivity index (χ1n) is 6.91. The summed E-state index contributed by atoms with van der Waals surface area (Å²) in [6.07, 6.45) is -4.37. The van der Waals surface area contributed by atoms with E-state index in [0.29, 0.717) is 20.2 Å². The maximum Gasteiger partial charge on any atom is 0.453 e. The Balaban J connectivity index is 1.56. The molecule has 3 rings (SSSR count). The van der Waals surface area contributed by atoms with Crippen LogP contribution >= 0.6 is 22.9 Å². The van der Waals surface area contributed by atoms with E-state index in [1.807, 2.05) is 0 Å². The fraction of sp³-hybridized carbons (Fsp3) is 0.231. The zero-order valence-corrected chi connectivity index (χ0v) is 13.9. The molecule has 0 saturated carbocycles. The number of anilines is 1. The van der Waals surface area contributed by atoms with Crippen molar-refractivity contribution in [2.24, 2.45) is 0 Å². The van der Waals surface area contributed by atoms with Crippen molar-refractivity contribution in [1.82, 2.24) is 25.1 Å². The third-order valence-corrected chi connectivity index (χ3v) is 4.19. The predicted octanol–water partition coefficient (Wildman–Crippen LogP) is 3.22. The number of rotatable bonds is 4. The highest BCUT2D eigenvalue weighted by atomic mass is 35.5. The van der Waals surface area contributed by atoms with Crippen molar-refractivity contribution in [1.29, 1.82) is 0 Å². The van der Waals surface area contributed by atoms with E-state index in [4.69, 9.17) is 11.6 Å². The number of urea groups is 1. The summed E-state index contributed by atoms with van der Waals surface area (Å²) in [5, 5.41) is 16.4. The maximum absolute atomic E-state index is 12.7. The Hall–Kier alpha value is -2.40. The molecule has 0 aliphatic carbocycles. The topological polar surface area (TPSA) is 84.2 Å². The Bertz CT molecular complexity index is 909. The highest BCUT2D eigenvalue weighted by molar-refractivity contribution is 7.16. The lowest BCUT2D eigenvalue weighted by Crippen LogP contribution is -2.30. The van der Waals surface area contributed by atoms with E-state index < -0.39 is 18.0 Å². The largest absolute Gasteiger partial charge is 0.453 e. The third-order valence-electron chi connectivity index (χ3n) is 2.99. The first-order chi connectivity index (χ1) is 11.8. The summed E-state index contributed by atoms with van der Waals surface area (Å²) in [4.78, 5) is 11.8. The van der Waals surface area contributed by atoms with Crippen LogP contribution in [-0.4, -0.2) is 32.4 Å². The second kappa shape index (κ2) is 6.84. The van der Waals surface area contributed by atoms with E-state index >= 15 is 0 Å². The third kappa shape index (κ3) is 4.17. The number of carbonyl (C=O) groups is 1. The van der Waals surface area contributed by atoms with Crippen molar-refractivity contribution in [2.75, 3.05) is 11.9 Å². The molecule has 0 aliphatic heterocycles. The number of aromatic nitrogens is 4. The number of fused-ring (bicyclic) bond motifs is 1. The number of nitrogens with zero attached hydrogens (tertiary/aromatic N) is 4. The Morgan fingerprint density at radius 3 is 2.84 bits per heavy atom. The minimum Gasteiger partial charge on any atom is -0.337 e. The standard InChI is InChI=1S/C13H10ClF3N6OS/c14-7-2-1-3-8(6-7)19-11(24)18-5-4-9-22-23-10(13(15,16)17)20-21-12(23)25-9/h1-3,6H,4-5H2,(H2,18,19,24). The molecule has 2 N–H and O–H groups in total. The van der Waals surface area contributed by atoms with E-state index in [-0.39, 0.29) is 17.9 Å². The van der Waals surface area contributed by atoms with Gasteiger partial charge in [-0.05, 0) is 18.2 Å². The lowest BCUT2D eigenvalue weighted by atomic mass is 10.3. The van der Waals surface area contributed by atoms with E-state index in [0.717, 1.165) is 11.3 Å². The van der Waals surface area contributed by atoms with Gasteiger partial charge >= 0.3 is 12.2 Å². The van der Waals surface area contributed by atoms with Crippen LogP contribution in [0.25, 0.3) is 4.96 Å².